The minimum Gasteiger partial charge on any atom is -0.455 e. The summed E-state index contributed by atoms with van der Waals surface area (Å²) in [7, 11) is 1.30. The third-order valence-electron chi connectivity index (χ3n) is 4.91. The summed E-state index contributed by atoms with van der Waals surface area (Å²) in [6.07, 6.45) is -3.20. The Kier molecular flexibility index (Phi) is 11.2. The Balaban J connectivity index is 2.30. The first-order valence-electron chi connectivity index (χ1n) is 10.9. The molecule has 10 nitrogen and oxygen atoms in total. The Labute approximate surface area is 198 Å². The van der Waals surface area contributed by atoms with E-state index in [-0.39, 0.29) is 12.8 Å². The molecule has 186 valence electrons. The molecule has 0 radical (unpaired) electrons. The third-order valence-corrected chi connectivity index (χ3v) is 4.91. The van der Waals surface area contributed by atoms with Gasteiger partial charge in [0.1, 0.15) is 6.10 Å². The summed E-state index contributed by atoms with van der Waals surface area (Å²) in [6.45, 7) is 6.57. The van der Waals surface area contributed by atoms with Crippen LogP contribution in [0.5, 0.6) is 0 Å². The lowest BCUT2D eigenvalue weighted by Crippen LogP contribution is -2.62. The molecule has 0 aliphatic carbocycles. The number of anilines is 1. The first-order valence-corrected chi connectivity index (χ1v) is 10.9. The van der Waals surface area contributed by atoms with Gasteiger partial charge in [-0.1, -0.05) is 30.4 Å². The van der Waals surface area contributed by atoms with Crippen LogP contribution in [0.4, 0.5) is 10.5 Å². The van der Waals surface area contributed by atoms with Crippen molar-refractivity contribution in [1.82, 2.24) is 0 Å². The average molecular weight is 478 g/mol. The summed E-state index contributed by atoms with van der Waals surface area (Å²) in [5.41, 5.74) is 0.471. The SMILES string of the molecule is C=CCCC(=O)O[C@@H]1[C@H](OC(=O)Nc2ccccc2)[C@@H](OC)O[C@H](CO)[C@H]1OC(=O)CCC=C. The molecule has 1 saturated heterocycles. The Hall–Kier alpha value is -3.21. The lowest BCUT2D eigenvalue weighted by molar-refractivity contribution is -0.298. The highest BCUT2D eigenvalue weighted by Gasteiger charge is 2.52. The first-order chi connectivity index (χ1) is 16.4. The van der Waals surface area contributed by atoms with Gasteiger partial charge in [-0.2, -0.15) is 0 Å². The molecule has 0 aromatic heterocycles. The predicted molar refractivity (Wildman–Crippen MR) is 122 cm³/mol. The number of ether oxygens (including phenoxy) is 5. The molecule has 1 aromatic carbocycles. The fourth-order valence-corrected chi connectivity index (χ4v) is 3.27. The molecule has 34 heavy (non-hydrogen) atoms. The average Bonchev–Trinajstić information content (AvgIpc) is 2.84. The molecular formula is C24H31NO9. The van der Waals surface area contributed by atoms with Gasteiger partial charge >= 0.3 is 18.0 Å². The van der Waals surface area contributed by atoms with Crippen LogP contribution in [-0.2, 0) is 33.3 Å². The fraction of sp³-hybridized carbons (Fsp3) is 0.458. The number of rotatable bonds is 12. The Morgan fingerprint density at radius 2 is 1.56 bits per heavy atom. The molecule has 1 aliphatic rings. The monoisotopic (exact) mass is 477 g/mol. The van der Waals surface area contributed by atoms with Crippen LogP contribution in [0.3, 0.4) is 0 Å². The highest BCUT2D eigenvalue weighted by atomic mass is 16.7. The van der Waals surface area contributed by atoms with Gasteiger partial charge in [0.2, 0.25) is 0 Å². The summed E-state index contributed by atoms with van der Waals surface area (Å²) < 4.78 is 27.6. The first kappa shape index (κ1) is 27.0. The van der Waals surface area contributed by atoms with E-state index >= 15 is 0 Å². The molecule has 1 amide bonds. The van der Waals surface area contributed by atoms with Crippen LogP contribution in [0.2, 0.25) is 0 Å². The standard InChI is InChI=1S/C24H31NO9/c1-4-6-13-18(27)32-20-17(15-26)31-23(30-3)22(21(20)33-19(28)14-7-5-2)34-24(29)25-16-11-9-8-10-12-16/h4-5,8-12,17,20-23,26H,1-2,6-7,13-15H2,3H3,(H,25,29)/t17-,20-,21+,22+,23+/m1/s1. The van der Waals surface area contributed by atoms with Gasteiger partial charge in [0, 0.05) is 25.6 Å². The quantitative estimate of drug-likeness (QED) is 0.265. The van der Waals surface area contributed by atoms with Gasteiger partial charge in [-0.3, -0.25) is 14.9 Å². The van der Waals surface area contributed by atoms with Gasteiger partial charge in [0.15, 0.2) is 24.6 Å². The van der Waals surface area contributed by atoms with Crippen molar-refractivity contribution in [2.45, 2.75) is 56.4 Å². The maximum Gasteiger partial charge on any atom is 0.412 e. The van der Waals surface area contributed by atoms with Crippen molar-refractivity contribution in [2.24, 2.45) is 0 Å². The molecule has 1 aliphatic heterocycles. The lowest BCUT2D eigenvalue weighted by Gasteiger charge is -2.43. The summed E-state index contributed by atoms with van der Waals surface area (Å²) in [5, 5.41) is 12.4. The predicted octanol–water partition coefficient (Wildman–Crippen LogP) is 2.72. The molecule has 0 spiro atoms. The summed E-state index contributed by atoms with van der Waals surface area (Å²) in [4.78, 5) is 37.4. The smallest absolute Gasteiger partial charge is 0.412 e. The number of esters is 2. The number of nitrogens with one attached hydrogen (secondary N) is 1. The van der Waals surface area contributed by atoms with Crippen LogP contribution in [0.25, 0.3) is 0 Å². The topological polar surface area (TPSA) is 130 Å². The number of carbonyl (C=O) groups excluding carboxylic acids is 3. The molecule has 5 atom stereocenters. The normalized spacial score (nSPS) is 23.9. The number of allylic oxidation sites excluding steroid dienone is 2. The van der Waals surface area contributed by atoms with Crippen molar-refractivity contribution in [2.75, 3.05) is 19.0 Å². The van der Waals surface area contributed by atoms with E-state index in [1.807, 2.05) is 0 Å². The molecule has 0 bridgehead atoms. The number of hydrogen-bond acceptors (Lipinski definition) is 9. The van der Waals surface area contributed by atoms with E-state index in [1.54, 1.807) is 42.5 Å². The third kappa shape index (κ3) is 7.98. The van der Waals surface area contributed by atoms with Crippen molar-refractivity contribution in [3.8, 4) is 0 Å². The second kappa shape index (κ2) is 14.1. The molecule has 1 aromatic rings. The number of methoxy groups -OCH3 is 1. The molecule has 10 heteroatoms. The molecule has 2 rings (SSSR count). The van der Waals surface area contributed by atoms with Crippen molar-refractivity contribution >= 4 is 23.7 Å². The number of aliphatic hydroxyl groups is 1. The van der Waals surface area contributed by atoms with E-state index < -0.39 is 55.3 Å². The zero-order valence-corrected chi connectivity index (χ0v) is 19.1. The maximum atomic E-state index is 12.6. The molecule has 1 heterocycles. The van der Waals surface area contributed by atoms with Gasteiger partial charge in [-0.15, -0.1) is 13.2 Å². The summed E-state index contributed by atoms with van der Waals surface area (Å²) in [6, 6.07) is 8.56. The van der Waals surface area contributed by atoms with Crippen LogP contribution in [0, 0.1) is 0 Å². The van der Waals surface area contributed by atoms with Gasteiger partial charge in [-0.25, -0.2) is 4.79 Å². The highest BCUT2D eigenvalue weighted by molar-refractivity contribution is 5.84. The van der Waals surface area contributed by atoms with E-state index in [9.17, 15) is 19.5 Å². The van der Waals surface area contributed by atoms with Crippen LogP contribution >= 0.6 is 0 Å². The van der Waals surface area contributed by atoms with E-state index in [0.29, 0.717) is 18.5 Å². The Morgan fingerprint density at radius 3 is 2.09 bits per heavy atom. The van der Waals surface area contributed by atoms with Crippen molar-refractivity contribution in [1.29, 1.82) is 0 Å². The Bertz CT molecular complexity index is 829. The number of benzene rings is 1. The summed E-state index contributed by atoms with van der Waals surface area (Å²) >= 11 is 0. The number of hydrogen-bond donors (Lipinski definition) is 2. The van der Waals surface area contributed by atoms with Crippen molar-refractivity contribution in [3.63, 3.8) is 0 Å². The summed E-state index contributed by atoms with van der Waals surface area (Å²) in [5.74, 6) is -1.26. The van der Waals surface area contributed by atoms with E-state index in [0.717, 1.165) is 0 Å². The minimum atomic E-state index is -1.30. The molecule has 0 unspecified atom stereocenters. The number of amides is 1. The second-order valence-electron chi connectivity index (χ2n) is 7.39. The van der Waals surface area contributed by atoms with Crippen molar-refractivity contribution in [3.05, 3.63) is 55.6 Å². The van der Waals surface area contributed by atoms with Crippen molar-refractivity contribution < 1.29 is 43.2 Å². The molecule has 1 fully saturated rings. The zero-order valence-electron chi connectivity index (χ0n) is 19.1. The fourth-order valence-electron chi connectivity index (χ4n) is 3.27. The van der Waals surface area contributed by atoms with E-state index in [2.05, 4.69) is 18.5 Å². The van der Waals surface area contributed by atoms with Gasteiger partial charge in [0.25, 0.3) is 0 Å². The van der Waals surface area contributed by atoms with E-state index in [1.165, 1.54) is 7.11 Å². The van der Waals surface area contributed by atoms with Crippen LogP contribution in [0.15, 0.2) is 55.6 Å². The molecule has 2 N–H and O–H groups in total. The maximum absolute atomic E-state index is 12.6. The minimum absolute atomic E-state index is 0.00234. The van der Waals surface area contributed by atoms with Crippen LogP contribution in [0.1, 0.15) is 25.7 Å². The van der Waals surface area contributed by atoms with Crippen LogP contribution < -0.4 is 5.32 Å². The number of para-hydroxylation sites is 1. The lowest BCUT2D eigenvalue weighted by atomic mass is 9.98. The molecule has 0 saturated carbocycles. The zero-order chi connectivity index (χ0) is 24.9. The van der Waals surface area contributed by atoms with E-state index in [4.69, 9.17) is 23.7 Å². The van der Waals surface area contributed by atoms with Crippen LogP contribution in [-0.4, -0.2) is 67.6 Å². The number of aliphatic hydroxyl groups excluding tert-OH is 1. The Morgan fingerprint density at radius 1 is 0.971 bits per heavy atom. The van der Waals surface area contributed by atoms with Gasteiger partial charge in [-0.05, 0) is 25.0 Å². The second-order valence-corrected chi connectivity index (χ2v) is 7.39. The van der Waals surface area contributed by atoms with Gasteiger partial charge < -0.3 is 28.8 Å². The van der Waals surface area contributed by atoms with Gasteiger partial charge in [0.05, 0.1) is 6.61 Å². The number of carbonyl (C=O) groups is 3. The largest absolute Gasteiger partial charge is 0.455 e. The molecular weight excluding hydrogens is 446 g/mol. The highest BCUT2D eigenvalue weighted by Crippen LogP contribution is 2.30.